The molecule has 0 radical (unpaired) electrons. The Kier molecular flexibility index (Phi) is 3.92. The van der Waals surface area contributed by atoms with Crippen LogP contribution in [0.3, 0.4) is 0 Å². The lowest BCUT2D eigenvalue weighted by Gasteiger charge is -2.20. The summed E-state index contributed by atoms with van der Waals surface area (Å²) < 4.78 is 6.96. The van der Waals surface area contributed by atoms with Crippen LogP contribution in [0.15, 0.2) is 46.2 Å². The second-order valence-corrected chi connectivity index (χ2v) is 8.50. The van der Waals surface area contributed by atoms with Crippen molar-refractivity contribution < 1.29 is 4.52 Å². The van der Waals surface area contributed by atoms with Crippen molar-refractivity contribution in [3.8, 4) is 0 Å². The first-order valence-corrected chi connectivity index (χ1v) is 10.4. The highest BCUT2D eigenvalue weighted by molar-refractivity contribution is 5.76. The minimum Gasteiger partial charge on any atom is -0.356 e. The first-order valence-electron chi connectivity index (χ1n) is 10.4. The van der Waals surface area contributed by atoms with E-state index in [1.165, 1.54) is 16.5 Å². The van der Waals surface area contributed by atoms with Crippen LogP contribution in [-0.4, -0.2) is 42.7 Å². The fourth-order valence-corrected chi connectivity index (χ4v) is 4.74. The molecule has 2 unspecified atom stereocenters. The predicted molar refractivity (Wildman–Crippen MR) is 113 cm³/mol. The fraction of sp³-hybridized carbons (Fsp3) is 0.364. The number of aromatic nitrogens is 6. The van der Waals surface area contributed by atoms with Gasteiger partial charge < -0.3 is 9.42 Å². The second kappa shape index (κ2) is 6.69. The first kappa shape index (κ1) is 18.2. The Labute approximate surface area is 177 Å². The van der Waals surface area contributed by atoms with Crippen LogP contribution in [0.25, 0.3) is 11.0 Å². The van der Waals surface area contributed by atoms with E-state index in [4.69, 9.17) is 4.52 Å². The lowest BCUT2D eigenvalue weighted by atomic mass is 10.2. The van der Waals surface area contributed by atoms with Gasteiger partial charge in [-0.05, 0) is 55.0 Å². The lowest BCUT2D eigenvalue weighted by Crippen LogP contribution is -2.24. The highest BCUT2D eigenvalue weighted by Gasteiger charge is 2.58. The number of piperidine rings is 1. The molecule has 6 rings (SSSR count). The van der Waals surface area contributed by atoms with E-state index in [-0.39, 0.29) is 12.1 Å². The minimum atomic E-state index is -0.153. The van der Waals surface area contributed by atoms with Crippen LogP contribution in [0.5, 0.6) is 0 Å². The van der Waals surface area contributed by atoms with Crippen molar-refractivity contribution in [2.24, 2.45) is 11.8 Å². The van der Waals surface area contributed by atoms with Crippen molar-refractivity contribution in [3.05, 3.63) is 70.1 Å². The number of rotatable bonds is 4. The number of fused-ring (bicyclic) bond motifs is 2. The summed E-state index contributed by atoms with van der Waals surface area (Å²) in [5.41, 5.74) is 2.36. The SMILES string of the molecule is Cc1ccnc(N2CC3C(C2)C3c2noc(Cn3cnc4nccc(C)c4c3=O)n2)c1. The molecule has 0 amide bonds. The van der Waals surface area contributed by atoms with Gasteiger partial charge in [0.15, 0.2) is 11.5 Å². The highest BCUT2D eigenvalue weighted by atomic mass is 16.5. The van der Waals surface area contributed by atoms with Gasteiger partial charge in [0.05, 0.1) is 5.39 Å². The van der Waals surface area contributed by atoms with Gasteiger partial charge in [0.2, 0.25) is 5.89 Å². The van der Waals surface area contributed by atoms with E-state index in [0.29, 0.717) is 34.7 Å². The molecule has 0 spiro atoms. The monoisotopic (exact) mass is 415 g/mol. The molecule has 9 nitrogen and oxygen atoms in total. The van der Waals surface area contributed by atoms with Gasteiger partial charge in [-0.15, -0.1) is 0 Å². The summed E-state index contributed by atoms with van der Waals surface area (Å²) in [7, 11) is 0. The van der Waals surface area contributed by atoms with Crippen LogP contribution >= 0.6 is 0 Å². The molecule has 2 aliphatic rings. The Bertz CT molecular complexity index is 1350. The van der Waals surface area contributed by atoms with Crippen molar-refractivity contribution >= 4 is 16.9 Å². The van der Waals surface area contributed by atoms with Crippen LogP contribution in [-0.2, 0) is 6.54 Å². The molecule has 1 saturated carbocycles. The average molecular weight is 415 g/mol. The summed E-state index contributed by atoms with van der Waals surface area (Å²) in [6.07, 6.45) is 5.00. The standard InChI is InChI=1S/C22H21N7O2/c1-12-3-5-23-16(7-12)28-8-14-15(9-28)19(14)21-26-17(31-27-21)10-29-11-25-20-18(22(29)30)13(2)4-6-24-20/h3-7,11,14-15,19H,8-10H2,1-2H3. The van der Waals surface area contributed by atoms with Crippen molar-refractivity contribution in [2.75, 3.05) is 18.0 Å². The van der Waals surface area contributed by atoms with E-state index >= 15 is 0 Å². The van der Waals surface area contributed by atoms with Crippen LogP contribution in [0.4, 0.5) is 5.82 Å². The van der Waals surface area contributed by atoms with Crippen molar-refractivity contribution in [2.45, 2.75) is 26.3 Å². The van der Waals surface area contributed by atoms with Gasteiger partial charge in [-0.2, -0.15) is 4.98 Å². The quantitative estimate of drug-likeness (QED) is 0.499. The second-order valence-electron chi connectivity index (χ2n) is 8.50. The first-order chi connectivity index (χ1) is 15.1. The molecule has 31 heavy (non-hydrogen) atoms. The highest BCUT2D eigenvalue weighted by Crippen LogP contribution is 2.57. The maximum Gasteiger partial charge on any atom is 0.263 e. The zero-order valence-electron chi connectivity index (χ0n) is 17.3. The number of pyridine rings is 2. The molecule has 9 heteroatoms. The third-order valence-electron chi connectivity index (χ3n) is 6.44. The largest absolute Gasteiger partial charge is 0.356 e. The number of nitrogens with zero attached hydrogens (tertiary/aromatic N) is 7. The molecule has 0 bridgehead atoms. The minimum absolute atomic E-state index is 0.153. The molecule has 1 saturated heterocycles. The van der Waals surface area contributed by atoms with Gasteiger partial charge in [0.25, 0.3) is 5.56 Å². The zero-order valence-corrected chi connectivity index (χ0v) is 17.3. The Morgan fingerprint density at radius 1 is 1.10 bits per heavy atom. The molecule has 4 aromatic rings. The topological polar surface area (TPSA) is 103 Å². The molecule has 0 aromatic carbocycles. The molecular formula is C22H21N7O2. The smallest absolute Gasteiger partial charge is 0.263 e. The molecule has 2 fully saturated rings. The molecular weight excluding hydrogens is 394 g/mol. The van der Waals surface area contributed by atoms with E-state index in [1.807, 2.05) is 25.3 Å². The number of hydrogen-bond donors (Lipinski definition) is 0. The van der Waals surface area contributed by atoms with Gasteiger partial charge in [0.1, 0.15) is 18.7 Å². The van der Waals surface area contributed by atoms with E-state index in [9.17, 15) is 4.79 Å². The lowest BCUT2D eigenvalue weighted by molar-refractivity contribution is 0.363. The van der Waals surface area contributed by atoms with E-state index in [1.54, 1.807) is 6.20 Å². The third-order valence-corrected chi connectivity index (χ3v) is 6.44. The van der Waals surface area contributed by atoms with E-state index in [2.05, 4.69) is 43.0 Å². The summed E-state index contributed by atoms with van der Waals surface area (Å²) in [4.78, 5) is 32.7. The zero-order chi connectivity index (χ0) is 21.1. The number of hydrogen-bond acceptors (Lipinski definition) is 8. The summed E-state index contributed by atoms with van der Waals surface area (Å²) in [5, 5.41) is 4.73. The summed E-state index contributed by atoms with van der Waals surface area (Å²) >= 11 is 0. The fourth-order valence-electron chi connectivity index (χ4n) is 4.74. The van der Waals surface area contributed by atoms with Crippen molar-refractivity contribution in [1.82, 2.24) is 29.7 Å². The number of anilines is 1. The summed E-state index contributed by atoms with van der Waals surface area (Å²) in [6.45, 7) is 6.07. The van der Waals surface area contributed by atoms with E-state index in [0.717, 1.165) is 30.3 Å². The van der Waals surface area contributed by atoms with Crippen LogP contribution in [0.2, 0.25) is 0 Å². The maximum atomic E-state index is 12.8. The number of aryl methyl sites for hydroxylation is 2. The van der Waals surface area contributed by atoms with Gasteiger partial charge in [-0.1, -0.05) is 5.16 Å². The van der Waals surface area contributed by atoms with Crippen LogP contribution in [0, 0.1) is 25.7 Å². The Hall–Kier alpha value is -3.62. The summed E-state index contributed by atoms with van der Waals surface area (Å²) in [6, 6.07) is 5.94. The molecule has 156 valence electrons. The Morgan fingerprint density at radius 3 is 2.71 bits per heavy atom. The van der Waals surface area contributed by atoms with Crippen LogP contribution in [0.1, 0.15) is 28.8 Å². The van der Waals surface area contributed by atoms with Gasteiger partial charge >= 0.3 is 0 Å². The summed E-state index contributed by atoms with van der Waals surface area (Å²) in [5.74, 6) is 3.55. The van der Waals surface area contributed by atoms with Gasteiger partial charge in [0, 0.05) is 31.4 Å². The van der Waals surface area contributed by atoms with E-state index < -0.39 is 0 Å². The molecule has 4 aromatic heterocycles. The molecule has 0 N–H and O–H groups in total. The molecule has 2 atom stereocenters. The normalized spacial score (nSPS) is 22.1. The maximum absolute atomic E-state index is 12.8. The van der Waals surface area contributed by atoms with Crippen molar-refractivity contribution in [1.29, 1.82) is 0 Å². The van der Waals surface area contributed by atoms with Crippen molar-refractivity contribution in [3.63, 3.8) is 0 Å². The molecule has 1 aliphatic heterocycles. The third kappa shape index (κ3) is 2.99. The van der Waals surface area contributed by atoms with Crippen LogP contribution < -0.4 is 10.5 Å². The Balaban J connectivity index is 1.18. The Morgan fingerprint density at radius 2 is 1.90 bits per heavy atom. The van der Waals surface area contributed by atoms with Gasteiger partial charge in [-0.25, -0.2) is 15.0 Å². The average Bonchev–Trinajstić information content (AvgIpc) is 3.09. The molecule has 5 heterocycles. The molecule has 1 aliphatic carbocycles. The predicted octanol–water partition coefficient (Wildman–Crippen LogP) is 2.08. The van der Waals surface area contributed by atoms with Gasteiger partial charge in [-0.3, -0.25) is 9.36 Å².